The van der Waals surface area contributed by atoms with Crippen LogP contribution in [-0.2, 0) is 23.9 Å². The number of amides is 1. The summed E-state index contributed by atoms with van der Waals surface area (Å²) in [6, 6.07) is 16.0. The maximum atomic E-state index is 12.5. The van der Waals surface area contributed by atoms with Crippen molar-refractivity contribution in [3.63, 3.8) is 0 Å². The molecule has 0 saturated heterocycles. The Kier molecular flexibility index (Phi) is 8.42. The van der Waals surface area contributed by atoms with Gasteiger partial charge in [0.2, 0.25) is 0 Å². The number of rotatable bonds is 8. The number of para-hydroxylation sites is 1. The Hall–Kier alpha value is -2.93. The molecule has 0 fully saturated rings. The van der Waals surface area contributed by atoms with Crippen molar-refractivity contribution in [3.05, 3.63) is 70.7 Å². The third kappa shape index (κ3) is 7.00. The van der Waals surface area contributed by atoms with Gasteiger partial charge in [-0.1, -0.05) is 46.3 Å². The number of anilines is 1. The van der Waals surface area contributed by atoms with E-state index in [0.29, 0.717) is 5.69 Å². The minimum atomic E-state index is -0.652. The number of halogens is 1. The molecule has 7 heteroatoms. The number of hydrogen-bond acceptors (Lipinski definition) is 5. The third-order valence-corrected chi connectivity index (χ3v) is 4.11. The Balaban J connectivity index is 1.97. The van der Waals surface area contributed by atoms with E-state index in [4.69, 9.17) is 9.47 Å². The fraction of sp³-hybridized carbons (Fsp3) is 0.190. The number of hydrogen-bond donors (Lipinski definition) is 0. The lowest BCUT2D eigenvalue weighted by atomic mass is 10.2. The number of benzene rings is 2. The van der Waals surface area contributed by atoms with E-state index in [0.717, 1.165) is 10.0 Å². The smallest absolute Gasteiger partial charge is 0.331 e. The Bertz CT molecular complexity index is 834. The second kappa shape index (κ2) is 11.0. The molecule has 0 heterocycles. The topological polar surface area (TPSA) is 72.9 Å². The summed E-state index contributed by atoms with van der Waals surface area (Å²) in [6.07, 6.45) is 2.83. The molecule has 0 N–H and O–H groups in total. The van der Waals surface area contributed by atoms with Crippen molar-refractivity contribution in [2.75, 3.05) is 24.7 Å². The third-order valence-electron chi connectivity index (χ3n) is 3.58. The minimum absolute atomic E-state index is 0.214. The molecule has 0 radical (unpaired) electrons. The highest BCUT2D eigenvalue weighted by atomic mass is 79.9. The van der Waals surface area contributed by atoms with Crippen LogP contribution >= 0.6 is 15.9 Å². The Morgan fingerprint density at radius 1 is 1.00 bits per heavy atom. The van der Waals surface area contributed by atoms with Gasteiger partial charge in [-0.15, -0.1) is 0 Å². The summed E-state index contributed by atoms with van der Waals surface area (Å²) in [6.45, 7) is 1.15. The summed E-state index contributed by atoms with van der Waals surface area (Å²) in [4.78, 5) is 37.4. The van der Waals surface area contributed by atoms with E-state index < -0.39 is 24.5 Å². The fourth-order valence-corrected chi connectivity index (χ4v) is 2.53. The van der Waals surface area contributed by atoms with Crippen molar-refractivity contribution in [2.45, 2.75) is 6.92 Å². The molecule has 0 saturated carbocycles. The highest BCUT2D eigenvalue weighted by Crippen LogP contribution is 2.14. The van der Waals surface area contributed by atoms with Crippen LogP contribution in [0.15, 0.2) is 65.1 Å². The quantitative estimate of drug-likeness (QED) is 0.458. The average molecular weight is 446 g/mol. The predicted octanol–water partition coefficient (Wildman–Crippen LogP) is 3.60. The summed E-state index contributed by atoms with van der Waals surface area (Å²) < 4.78 is 10.9. The molecule has 2 rings (SSSR count). The first-order chi connectivity index (χ1) is 13.5. The van der Waals surface area contributed by atoms with Crippen molar-refractivity contribution in [3.8, 4) is 0 Å². The summed E-state index contributed by atoms with van der Waals surface area (Å²) in [7, 11) is 0. The van der Waals surface area contributed by atoms with Gasteiger partial charge < -0.3 is 9.47 Å². The molecule has 0 unspecified atom stereocenters. The second-order valence-electron chi connectivity index (χ2n) is 5.61. The van der Waals surface area contributed by atoms with Crippen LogP contribution in [0.1, 0.15) is 12.5 Å². The summed E-state index contributed by atoms with van der Waals surface area (Å²) in [5.41, 5.74) is 1.33. The largest absolute Gasteiger partial charge is 0.465 e. The van der Waals surface area contributed by atoms with Crippen LogP contribution in [0.4, 0.5) is 5.69 Å². The number of carbonyl (C=O) groups is 3. The molecule has 0 spiro atoms. The number of esters is 2. The zero-order chi connectivity index (χ0) is 20.4. The van der Waals surface area contributed by atoms with E-state index in [1.165, 1.54) is 11.0 Å². The molecule has 2 aromatic carbocycles. The zero-order valence-electron chi connectivity index (χ0n) is 15.3. The molecule has 0 aliphatic heterocycles. The molecule has 0 bridgehead atoms. The predicted molar refractivity (Wildman–Crippen MR) is 110 cm³/mol. The molecular weight excluding hydrogens is 426 g/mol. The van der Waals surface area contributed by atoms with Crippen molar-refractivity contribution < 1.29 is 23.9 Å². The highest BCUT2D eigenvalue weighted by molar-refractivity contribution is 9.10. The molecule has 0 atom stereocenters. The van der Waals surface area contributed by atoms with Gasteiger partial charge in [0, 0.05) is 16.2 Å². The molecule has 146 valence electrons. The van der Waals surface area contributed by atoms with E-state index in [1.807, 2.05) is 24.3 Å². The van der Waals surface area contributed by atoms with Crippen LogP contribution in [0.3, 0.4) is 0 Å². The van der Waals surface area contributed by atoms with E-state index in [9.17, 15) is 14.4 Å². The second-order valence-corrected chi connectivity index (χ2v) is 6.53. The lowest BCUT2D eigenvalue weighted by Crippen LogP contribution is -2.39. The van der Waals surface area contributed by atoms with Crippen molar-refractivity contribution in [1.29, 1.82) is 0 Å². The average Bonchev–Trinajstić information content (AvgIpc) is 2.70. The lowest BCUT2D eigenvalue weighted by molar-refractivity contribution is -0.144. The van der Waals surface area contributed by atoms with E-state index in [1.54, 1.807) is 43.3 Å². The lowest BCUT2D eigenvalue weighted by Gasteiger charge is -2.21. The summed E-state index contributed by atoms with van der Waals surface area (Å²) >= 11 is 3.33. The Morgan fingerprint density at radius 3 is 2.32 bits per heavy atom. The van der Waals surface area contributed by atoms with Crippen LogP contribution in [0.5, 0.6) is 0 Å². The maximum absolute atomic E-state index is 12.5. The van der Waals surface area contributed by atoms with E-state index in [2.05, 4.69) is 15.9 Å². The molecular formula is C21H20BrNO5. The van der Waals surface area contributed by atoms with Crippen LogP contribution in [-0.4, -0.2) is 37.6 Å². The van der Waals surface area contributed by atoms with Gasteiger partial charge in [-0.2, -0.15) is 0 Å². The molecule has 0 aliphatic carbocycles. The number of nitrogens with zero attached hydrogens (tertiary/aromatic N) is 1. The van der Waals surface area contributed by atoms with Gasteiger partial charge in [-0.25, -0.2) is 4.79 Å². The van der Waals surface area contributed by atoms with Crippen LogP contribution in [0.25, 0.3) is 6.08 Å². The first-order valence-electron chi connectivity index (χ1n) is 8.61. The van der Waals surface area contributed by atoms with Gasteiger partial charge >= 0.3 is 11.9 Å². The summed E-state index contributed by atoms with van der Waals surface area (Å²) in [5, 5.41) is 0. The number of carbonyl (C=O) groups excluding carboxylic acids is 3. The highest BCUT2D eigenvalue weighted by Gasteiger charge is 2.20. The van der Waals surface area contributed by atoms with Crippen molar-refractivity contribution in [2.24, 2.45) is 0 Å². The normalized spacial score (nSPS) is 10.5. The molecule has 1 amide bonds. The Morgan fingerprint density at radius 2 is 1.68 bits per heavy atom. The van der Waals surface area contributed by atoms with Crippen molar-refractivity contribution >= 4 is 45.5 Å². The summed E-state index contributed by atoms with van der Waals surface area (Å²) in [5.74, 6) is -1.72. The van der Waals surface area contributed by atoms with E-state index >= 15 is 0 Å². The minimum Gasteiger partial charge on any atom is -0.465 e. The first-order valence-corrected chi connectivity index (χ1v) is 9.40. The Labute approximate surface area is 171 Å². The van der Waals surface area contributed by atoms with Gasteiger partial charge in [0.25, 0.3) is 5.91 Å². The van der Waals surface area contributed by atoms with Gasteiger partial charge in [-0.3, -0.25) is 14.5 Å². The van der Waals surface area contributed by atoms with Gasteiger partial charge in [0.05, 0.1) is 6.61 Å². The van der Waals surface area contributed by atoms with Gasteiger partial charge in [-0.05, 0) is 42.8 Å². The van der Waals surface area contributed by atoms with Gasteiger partial charge in [0.15, 0.2) is 6.61 Å². The first kappa shape index (κ1) is 21.4. The van der Waals surface area contributed by atoms with E-state index in [-0.39, 0.29) is 13.2 Å². The number of ether oxygens (including phenoxy) is 2. The fourth-order valence-electron chi connectivity index (χ4n) is 2.26. The molecule has 2 aromatic rings. The standard InChI is InChI=1S/C21H20BrNO5/c1-2-27-21(26)14-23(18-6-4-3-5-7-18)19(24)15-28-20(25)13-10-16-8-11-17(22)12-9-16/h3-13H,2,14-15H2,1H3/b13-10+. The molecule has 0 aromatic heterocycles. The van der Waals surface area contributed by atoms with Crippen molar-refractivity contribution in [1.82, 2.24) is 0 Å². The van der Waals surface area contributed by atoms with Gasteiger partial charge in [0.1, 0.15) is 6.54 Å². The maximum Gasteiger partial charge on any atom is 0.331 e. The molecule has 0 aliphatic rings. The monoisotopic (exact) mass is 445 g/mol. The van der Waals surface area contributed by atoms with Crippen LogP contribution in [0, 0.1) is 0 Å². The van der Waals surface area contributed by atoms with Crippen LogP contribution in [0.2, 0.25) is 0 Å². The SMILES string of the molecule is CCOC(=O)CN(C(=O)COC(=O)/C=C/c1ccc(Br)cc1)c1ccccc1. The zero-order valence-corrected chi connectivity index (χ0v) is 16.9. The molecule has 6 nitrogen and oxygen atoms in total. The molecule has 28 heavy (non-hydrogen) atoms. The van der Waals surface area contributed by atoms with Crippen LogP contribution < -0.4 is 4.90 Å².